The first kappa shape index (κ1) is 13.8. The minimum absolute atomic E-state index is 0.133. The van der Waals surface area contributed by atoms with Gasteiger partial charge in [0, 0.05) is 43.7 Å². The standard InChI is InChI=1S/C54H35N3/c1-2-14-36(15-3-1)37-28-30-38(31-29-37)39-16-12-17-40(34-39)56-50-25-11-7-21-46(50)54-51(56)26-13-27-52(54)57-49-24-10-6-20-44(49)45-33-32-41(35-53(45)57)55-47-22-8-4-18-42(47)43-19-5-9-23-48(43)55/h1-35H/i1D,2D,3D,4D,5D,6D,7D,8D,9D,10D,11D,13D,14D,15D,18D,19D,20D,21D,22D,23D,24D,25D,26D,27D,28D,29D,30D,31D,32D,33D,35D. The van der Waals surface area contributed by atoms with E-state index in [9.17, 15) is 19.2 Å². The van der Waals surface area contributed by atoms with Gasteiger partial charge in [0.25, 0.3) is 0 Å². The summed E-state index contributed by atoms with van der Waals surface area (Å²) in [6.07, 6.45) is 0. The average Bonchev–Trinajstić information content (AvgIpc) is 1.57. The summed E-state index contributed by atoms with van der Waals surface area (Å²) >= 11 is 0. The zero-order valence-electron chi connectivity index (χ0n) is 59.7. The number of rotatable bonds is 5. The van der Waals surface area contributed by atoms with E-state index in [2.05, 4.69) is 0 Å². The van der Waals surface area contributed by atoms with E-state index >= 15 is 0 Å². The molecule has 0 unspecified atom stereocenters. The normalized spacial score (nSPS) is 19.5. The van der Waals surface area contributed by atoms with Crippen molar-refractivity contribution >= 4 is 65.4 Å². The molecule has 3 heterocycles. The highest BCUT2D eigenvalue weighted by atomic mass is 15.0. The Labute approximate surface area is 373 Å². The van der Waals surface area contributed by atoms with E-state index in [1.165, 1.54) is 24.3 Å². The van der Waals surface area contributed by atoms with Crippen molar-refractivity contribution in [3.63, 3.8) is 0 Å². The van der Waals surface area contributed by atoms with Crippen LogP contribution < -0.4 is 0 Å². The molecule has 3 nitrogen and oxygen atoms in total. The molecule has 0 atom stereocenters. The maximum atomic E-state index is 10.3. The monoisotopic (exact) mass is 756 g/mol. The third kappa shape index (κ3) is 4.79. The van der Waals surface area contributed by atoms with Crippen molar-refractivity contribution in [1.29, 1.82) is 0 Å². The average molecular weight is 757 g/mol. The summed E-state index contributed by atoms with van der Waals surface area (Å²) < 4.78 is 284. The molecule has 0 amide bonds. The topological polar surface area (TPSA) is 14.8 Å². The van der Waals surface area contributed by atoms with Crippen molar-refractivity contribution < 1.29 is 42.5 Å². The Hall–Kier alpha value is -7.62. The molecule has 0 bridgehead atoms. The maximum Gasteiger partial charge on any atom is 0.0667 e. The van der Waals surface area contributed by atoms with Crippen molar-refractivity contribution in [2.45, 2.75) is 0 Å². The van der Waals surface area contributed by atoms with Crippen molar-refractivity contribution in [2.75, 3.05) is 0 Å². The van der Waals surface area contributed by atoms with Gasteiger partial charge in [-0.1, -0.05) is 151 Å². The minimum Gasteiger partial charge on any atom is -0.309 e. The summed E-state index contributed by atoms with van der Waals surface area (Å²) in [6.45, 7) is 0. The molecule has 0 saturated carbocycles. The van der Waals surface area contributed by atoms with Gasteiger partial charge >= 0.3 is 0 Å². The summed E-state index contributed by atoms with van der Waals surface area (Å²) in [7, 11) is 0. The van der Waals surface area contributed by atoms with Crippen molar-refractivity contribution in [1.82, 2.24) is 13.7 Å². The van der Waals surface area contributed by atoms with Gasteiger partial charge in [0.2, 0.25) is 0 Å². The summed E-state index contributed by atoms with van der Waals surface area (Å²) in [4.78, 5) is 0. The number of hydrogen-bond acceptors (Lipinski definition) is 0. The molecule has 0 saturated heterocycles. The van der Waals surface area contributed by atoms with Gasteiger partial charge in [-0.05, 0) is 82.7 Å². The van der Waals surface area contributed by atoms with Gasteiger partial charge in [-0.3, -0.25) is 0 Å². The third-order valence-corrected chi connectivity index (χ3v) is 9.59. The van der Waals surface area contributed by atoms with Crippen LogP contribution in [-0.4, -0.2) is 13.7 Å². The molecule has 0 N–H and O–H groups in total. The van der Waals surface area contributed by atoms with Crippen LogP contribution in [-0.2, 0) is 0 Å². The summed E-state index contributed by atoms with van der Waals surface area (Å²) in [5, 5.41) is -3.21. The fourth-order valence-corrected chi connectivity index (χ4v) is 7.22. The molecule has 3 heteroatoms. The first-order valence-corrected chi connectivity index (χ1v) is 17.1. The molecule has 0 aliphatic carbocycles. The maximum absolute atomic E-state index is 10.3. The van der Waals surface area contributed by atoms with Crippen LogP contribution >= 0.6 is 0 Å². The predicted molar refractivity (Wildman–Crippen MR) is 240 cm³/mol. The van der Waals surface area contributed by atoms with E-state index in [1.807, 2.05) is 0 Å². The Morgan fingerprint density at radius 3 is 1.47 bits per heavy atom. The van der Waals surface area contributed by atoms with E-state index < -0.39 is 281 Å². The van der Waals surface area contributed by atoms with Gasteiger partial charge in [-0.25, -0.2) is 0 Å². The number of para-hydroxylation sites is 4. The Balaban J connectivity index is 1.28. The lowest BCUT2D eigenvalue weighted by atomic mass is 10.00. The number of nitrogens with zero attached hydrogens (tertiary/aromatic N) is 3. The molecule has 3 aromatic heterocycles. The Kier molecular flexibility index (Phi) is 3.02. The predicted octanol–water partition coefficient (Wildman–Crippen LogP) is 14.3. The second-order valence-corrected chi connectivity index (χ2v) is 12.6. The Morgan fingerprint density at radius 2 is 0.807 bits per heavy atom. The summed E-state index contributed by atoms with van der Waals surface area (Å²) in [5.41, 5.74) is -7.10. The number of hydrogen-bond donors (Lipinski definition) is 0. The molecule has 12 rings (SSSR count). The van der Waals surface area contributed by atoms with E-state index in [4.69, 9.17) is 23.3 Å². The second-order valence-electron chi connectivity index (χ2n) is 12.6. The van der Waals surface area contributed by atoms with Crippen LogP contribution in [0.25, 0.3) is 105 Å². The molecule has 0 spiro atoms. The van der Waals surface area contributed by atoms with Crippen LogP contribution in [0, 0.1) is 0 Å². The van der Waals surface area contributed by atoms with Gasteiger partial charge in [0.1, 0.15) is 0 Å². The Bertz CT molecular complexity index is 5210. The number of aromatic nitrogens is 3. The zero-order chi connectivity index (χ0) is 64.4. The molecule has 0 aliphatic heterocycles. The molecule has 266 valence electrons. The lowest BCUT2D eigenvalue weighted by molar-refractivity contribution is 1.16. The van der Waals surface area contributed by atoms with Crippen LogP contribution in [0.4, 0.5) is 0 Å². The first-order valence-electron chi connectivity index (χ1n) is 32.6. The highest BCUT2D eigenvalue weighted by molar-refractivity contribution is 6.17. The lowest BCUT2D eigenvalue weighted by Crippen LogP contribution is -1.98. The molecular weight excluding hydrogens is 691 g/mol. The fourth-order valence-electron chi connectivity index (χ4n) is 7.22. The molecule has 57 heavy (non-hydrogen) atoms. The highest BCUT2D eigenvalue weighted by Gasteiger charge is 2.21. The number of benzene rings is 9. The molecule has 12 aromatic rings. The molecule has 0 fully saturated rings. The molecule has 0 aliphatic rings. The molecule has 9 aromatic carbocycles. The largest absolute Gasteiger partial charge is 0.309 e. The van der Waals surface area contributed by atoms with Crippen LogP contribution in [0.3, 0.4) is 0 Å². The number of fused-ring (bicyclic) bond motifs is 9. The van der Waals surface area contributed by atoms with E-state index in [-0.39, 0.29) is 11.3 Å². The van der Waals surface area contributed by atoms with Crippen LogP contribution in [0.2, 0.25) is 0 Å². The summed E-state index contributed by atoms with van der Waals surface area (Å²) in [6, 6.07) is -21.6. The Morgan fingerprint density at radius 1 is 0.316 bits per heavy atom. The minimum atomic E-state index is -0.993. The van der Waals surface area contributed by atoms with Gasteiger partial charge in [0.15, 0.2) is 0 Å². The zero-order valence-corrected chi connectivity index (χ0v) is 28.7. The van der Waals surface area contributed by atoms with Gasteiger partial charge < -0.3 is 13.7 Å². The second kappa shape index (κ2) is 12.5. The first-order chi connectivity index (χ1) is 41.2. The van der Waals surface area contributed by atoms with E-state index in [0.717, 1.165) is 13.7 Å². The van der Waals surface area contributed by atoms with Crippen molar-refractivity contribution in [3.8, 4) is 39.3 Å². The van der Waals surface area contributed by atoms with Crippen LogP contribution in [0.1, 0.15) is 42.5 Å². The van der Waals surface area contributed by atoms with Gasteiger partial charge in [0.05, 0.1) is 81.3 Å². The van der Waals surface area contributed by atoms with Crippen molar-refractivity contribution in [3.05, 3.63) is 212 Å². The fraction of sp³-hybridized carbons (Fsp3) is 0. The van der Waals surface area contributed by atoms with Crippen molar-refractivity contribution in [2.24, 2.45) is 0 Å². The molecular formula is C54H35N3. The summed E-state index contributed by atoms with van der Waals surface area (Å²) in [5.74, 6) is 0. The van der Waals surface area contributed by atoms with E-state index in [0.29, 0.717) is 0 Å². The van der Waals surface area contributed by atoms with Crippen LogP contribution in [0.5, 0.6) is 0 Å². The van der Waals surface area contributed by atoms with E-state index in [1.54, 1.807) is 0 Å². The van der Waals surface area contributed by atoms with Gasteiger partial charge in [-0.2, -0.15) is 0 Å². The smallest absolute Gasteiger partial charge is 0.0667 e. The molecule has 0 radical (unpaired) electrons. The highest BCUT2D eigenvalue weighted by Crippen LogP contribution is 2.41. The lowest BCUT2D eigenvalue weighted by Gasteiger charge is -2.13. The SMILES string of the molecule is [2H]c1c([2H])c([2H])c(-c2c([2H])c([2H])c(-c3cccc(-n4c5c([2H])c([2H])c([2H])c([2H])c5c5c(-n6c7c([2H])c([2H])c([2H])c([2H])c7c7c([2H])c([2H])c(-n8c9c([2H])c([2H])c([2H])c([2H])c9c9c([2H])c([2H])c([2H])c([2H])c98)c([2H])c76)c([2H])c([2H])c([2H])c54)c3)c([2H])c2[2H])c([2H])c1[2H]. The van der Waals surface area contributed by atoms with Gasteiger partial charge in [-0.15, -0.1) is 0 Å². The quantitative estimate of drug-likeness (QED) is 0.166. The van der Waals surface area contributed by atoms with Crippen LogP contribution in [0.15, 0.2) is 212 Å². The third-order valence-electron chi connectivity index (χ3n) is 9.59.